The summed E-state index contributed by atoms with van der Waals surface area (Å²) in [6.45, 7) is 6.37. The highest BCUT2D eigenvalue weighted by atomic mass is 32.1. The van der Waals surface area contributed by atoms with Gasteiger partial charge in [0.25, 0.3) is 5.91 Å². The molecular weight excluding hydrogens is 605 g/mol. The van der Waals surface area contributed by atoms with Gasteiger partial charge >= 0.3 is 12.1 Å². The number of aliphatic carboxylic acids is 1. The Balaban J connectivity index is 1.27. The van der Waals surface area contributed by atoms with E-state index in [2.05, 4.69) is 36.1 Å². The van der Waals surface area contributed by atoms with Crippen LogP contribution in [0, 0.1) is 11.8 Å². The van der Waals surface area contributed by atoms with Crippen LogP contribution in [0.5, 0.6) is 0 Å². The number of carbonyl (C=O) groups excluding carboxylic acids is 2. The van der Waals surface area contributed by atoms with Crippen molar-refractivity contribution in [1.82, 2.24) is 20.2 Å². The third-order valence-corrected chi connectivity index (χ3v) is 9.77. The molecule has 2 amide bonds. The molecular formula is C33H35F3N4O4S. The fourth-order valence-corrected chi connectivity index (χ4v) is 6.36. The summed E-state index contributed by atoms with van der Waals surface area (Å²) >= 11 is 1.37. The predicted molar refractivity (Wildman–Crippen MR) is 165 cm³/mol. The molecule has 0 spiro atoms. The monoisotopic (exact) mass is 640 g/mol. The lowest BCUT2D eigenvalue weighted by molar-refractivity contribution is -0.175. The van der Waals surface area contributed by atoms with Gasteiger partial charge in [0.05, 0.1) is 16.7 Å². The summed E-state index contributed by atoms with van der Waals surface area (Å²) < 4.78 is 39.0. The van der Waals surface area contributed by atoms with Crippen LogP contribution in [-0.4, -0.2) is 63.1 Å². The lowest BCUT2D eigenvalue weighted by Gasteiger charge is -2.38. The molecule has 2 aliphatic rings. The highest BCUT2D eigenvalue weighted by molar-refractivity contribution is 7.14. The number of benzene rings is 1. The Kier molecular flexibility index (Phi) is 9.16. The molecule has 2 atom stereocenters. The second kappa shape index (κ2) is 12.7. The third kappa shape index (κ3) is 7.61. The summed E-state index contributed by atoms with van der Waals surface area (Å²) in [5, 5.41) is 12.1. The van der Waals surface area contributed by atoms with Crippen molar-refractivity contribution in [2.45, 2.75) is 64.1 Å². The fourth-order valence-electron chi connectivity index (χ4n) is 5.39. The van der Waals surface area contributed by atoms with Crippen LogP contribution in [0.3, 0.4) is 0 Å². The van der Waals surface area contributed by atoms with Crippen LogP contribution in [0.1, 0.15) is 65.7 Å². The molecule has 2 aromatic heterocycles. The van der Waals surface area contributed by atoms with E-state index in [-0.39, 0.29) is 49.6 Å². The van der Waals surface area contributed by atoms with Gasteiger partial charge in [-0.1, -0.05) is 51.1 Å². The van der Waals surface area contributed by atoms with Crippen molar-refractivity contribution < 1.29 is 32.7 Å². The first-order valence-corrected chi connectivity index (χ1v) is 15.6. The van der Waals surface area contributed by atoms with Gasteiger partial charge < -0.3 is 15.3 Å². The zero-order chi connectivity index (χ0) is 32.5. The first-order chi connectivity index (χ1) is 21.2. The Morgan fingerprint density at radius 1 is 1.02 bits per heavy atom. The lowest BCUT2D eigenvalue weighted by Crippen LogP contribution is -2.59. The predicted octanol–water partition coefficient (Wildman–Crippen LogP) is 6.13. The number of aromatic nitrogens is 2. The van der Waals surface area contributed by atoms with Gasteiger partial charge in [0.2, 0.25) is 5.91 Å². The van der Waals surface area contributed by atoms with Crippen molar-refractivity contribution in [3.05, 3.63) is 75.7 Å². The van der Waals surface area contributed by atoms with Crippen LogP contribution in [0.15, 0.2) is 54.9 Å². The minimum atomic E-state index is -4.19. The van der Waals surface area contributed by atoms with E-state index in [4.69, 9.17) is 0 Å². The van der Waals surface area contributed by atoms with Crippen LogP contribution in [-0.2, 0) is 21.4 Å². The standard InChI is InChI=1S/C33H35F3N4O4S/c1-32(2,3)27-13-12-26(45-27)29(41)39-25(30(42)40-17-23(18-40)31(43)44)14-19-4-6-21(7-5-19)28-37-15-22(16-38-28)20-8-10-24(11-9-20)33(34,35)36/h4-8,12-13,15-16,23-25H,9-11,14,17-18H2,1-3H3,(H,39,41)(H,43,44). The van der Waals surface area contributed by atoms with E-state index in [9.17, 15) is 32.7 Å². The zero-order valence-electron chi connectivity index (χ0n) is 25.2. The number of thiophene rings is 1. The molecule has 2 N–H and O–H groups in total. The van der Waals surface area contributed by atoms with E-state index in [1.165, 1.54) is 16.2 Å². The first-order valence-electron chi connectivity index (χ1n) is 14.8. The van der Waals surface area contributed by atoms with Gasteiger partial charge in [-0.05, 0) is 47.9 Å². The number of halogens is 3. The van der Waals surface area contributed by atoms with Crippen LogP contribution >= 0.6 is 11.3 Å². The molecule has 3 heterocycles. The minimum absolute atomic E-state index is 0.0464. The van der Waals surface area contributed by atoms with Gasteiger partial charge in [-0.3, -0.25) is 14.4 Å². The van der Waals surface area contributed by atoms with E-state index in [0.717, 1.165) is 16.0 Å². The van der Waals surface area contributed by atoms with Crippen LogP contribution in [0.2, 0.25) is 0 Å². The van der Waals surface area contributed by atoms with Crippen molar-refractivity contribution in [2.24, 2.45) is 11.8 Å². The number of nitrogens with zero attached hydrogens (tertiary/aromatic N) is 3. The Morgan fingerprint density at radius 3 is 2.22 bits per heavy atom. The smallest absolute Gasteiger partial charge is 0.392 e. The Bertz CT molecular complexity index is 1590. The highest BCUT2D eigenvalue weighted by Gasteiger charge is 2.40. The second-order valence-corrected chi connectivity index (χ2v) is 13.7. The quantitative estimate of drug-likeness (QED) is 0.306. The Morgan fingerprint density at radius 2 is 1.69 bits per heavy atom. The number of hydrogen-bond donors (Lipinski definition) is 2. The topological polar surface area (TPSA) is 112 Å². The van der Waals surface area contributed by atoms with Gasteiger partial charge in [-0.2, -0.15) is 13.2 Å². The molecule has 1 saturated heterocycles. The molecule has 5 rings (SSSR count). The van der Waals surface area contributed by atoms with Crippen molar-refractivity contribution in [3.8, 4) is 11.4 Å². The summed E-state index contributed by atoms with van der Waals surface area (Å²) in [6.07, 6.45) is 1.18. The first kappa shape index (κ1) is 32.3. The van der Waals surface area contributed by atoms with Gasteiger partial charge in [0.15, 0.2) is 5.82 Å². The largest absolute Gasteiger partial charge is 0.481 e. The summed E-state index contributed by atoms with van der Waals surface area (Å²) in [4.78, 5) is 49.7. The number of hydrogen-bond acceptors (Lipinski definition) is 6. The third-order valence-electron chi connectivity index (χ3n) is 8.26. The molecule has 0 radical (unpaired) electrons. The number of allylic oxidation sites excluding steroid dienone is 2. The molecule has 0 saturated carbocycles. The maximum absolute atomic E-state index is 13.4. The number of carbonyl (C=O) groups is 3. The SMILES string of the molecule is CC(C)(C)c1ccc(C(=O)NC(Cc2ccc(-c3ncc(C4=CCC(C(F)(F)F)CC4)cn3)cc2)C(=O)N2CC(C(=O)O)C2)s1. The second-order valence-electron chi connectivity index (χ2n) is 12.7. The summed E-state index contributed by atoms with van der Waals surface area (Å²) in [6, 6.07) is 10.0. The van der Waals surface area contributed by atoms with Crippen molar-refractivity contribution in [2.75, 3.05) is 13.1 Å². The van der Waals surface area contributed by atoms with Crippen LogP contribution in [0.25, 0.3) is 17.0 Å². The number of rotatable bonds is 8. The molecule has 3 aromatic rings. The molecule has 45 heavy (non-hydrogen) atoms. The number of nitrogens with one attached hydrogen (secondary N) is 1. The number of carboxylic acids is 1. The highest BCUT2D eigenvalue weighted by Crippen LogP contribution is 2.39. The maximum Gasteiger partial charge on any atom is 0.392 e. The molecule has 0 bridgehead atoms. The molecule has 2 unspecified atom stereocenters. The van der Waals surface area contributed by atoms with Crippen molar-refractivity contribution in [1.29, 1.82) is 0 Å². The fraction of sp³-hybridized carbons (Fsp3) is 0.424. The molecule has 1 aliphatic heterocycles. The lowest BCUT2D eigenvalue weighted by atomic mass is 9.87. The Hall–Kier alpha value is -4.06. The van der Waals surface area contributed by atoms with Gasteiger partial charge in [-0.25, -0.2) is 9.97 Å². The van der Waals surface area contributed by atoms with Crippen molar-refractivity contribution >= 4 is 34.7 Å². The van der Waals surface area contributed by atoms with Crippen molar-refractivity contribution in [3.63, 3.8) is 0 Å². The van der Waals surface area contributed by atoms with Gasteiger partial charge in [0, 0.05) is 47.9 Å². The Labute approximate surface area is 263 Å². The average Bonchev–Trinajstić information content (AvgIpc) is 3.48. The molecule has 238 valence electrons. The van der Waals surface area contributed by atoms with Crippen LogP contribution in [0.4, 0.5) is 13.2 Å². The summed E-state index contributed by atoms with van der Waals surface area (Å²) in [7, 11) is 0. The van der Waals surface area contributed by atoms with E-state index in [1.807, 2.05) is 18.2 Å². The summed E-state index contributed by atoms with van der Waals surface area (Å²) in [5.41, 5.74) is 2.87. The van der Waals surface area contributed by atoms with Gasteiger partial charge in [0.1, 0.15) is 6.04 Å². The van der Waals surface area contributed by atoms with Crippen LogP contribution < -0.4 is 5.32 Å². The molecule has 1 aromatic carbocycles. The maximum atomic E-state index is 13.4. The number of amides is 2. The number of likely N-dealkylation sites (tertiary alicyclic amines) is 1. The average molecular weight is 641 g/mol. The molecule has 12 heteroatoms. The molecule has 1 aliphatic carbocycles. The van der Waals surface area contributed by atoms with E-state index in [1.54, 1.807) is 36.7 Å². The number of carboxylic acid groups (broad SMARTS) is 1. The number of alkyl halides is 3. The molecule has 1 fully saturated rings. The zero-order valence-corrected chi connectivity index (χ0v) is 26.0. The minimum Gasteiger partial charge on any atom is -0.481 e. The summed E-state index contributed by atoms with van der Waals surface area (Å²) in [5.74, 6) is -3.14. The molecule has 8 nitrogen and oxygen atoms in total. The van der Waals surface area contributed by atoms with Gasteiger partial charge in [-0.15, -0.1) is 11.3 Å². The normalized spacial score (nSPS) is 18.1. The van der Waals surface area contributed by atoms with E-state index >= 15 is 0 Å². The van der Waals surface area contributed by atoms with E-state index < -0.39 is 30.0 Å². The van der Waals surface area contributed by atoms with E-state index in [0.29, 0.717) is 28.2 Å².